The predicted octanol–water partition coefficient (Wildman–Crippen LogP) is 3.33. The average Bonchev–Trinajstić information content (AvgIpc) is 3.22. The number of amides is 1. The van der Waals surface area contributed by atoms with E-state index in [4.69, 9.17) is 9.47 Å². The van der Waals surface area contributed by atoms with Crippen molar-refractivity contribution in [1.82, 2.24) is 5.32 Å². The van der Waals surface area contributed by atoms with Crippen LogP contribution in [0.3, 0.4) is 0 Å². The first kappa shape index (κ1) is 15.1. The van der Waals surface area contributed by atoms with Gasteiger partial charge in [-0.1, -0.05) is 30.3 Å². The van der Waals surface area contributed by atoms with Crippen LogP contribution in [0.25, 0.3) is 10.4 Å². The maximum Gasteiger partial charge on any atom is 0.265 e. The minimum absolute atomic E-state index is 0.0977. The summed E-state index contributed by atoms with van der Waals surface area (Å²) < 4.78 is 10.9. The lowest BCUT2D eigenvalue weighted by Gasteiger charge is -2.10. The number of nitrogens with one attached hydrogen (secondary N) is 1. The molecule has 1 aromatic carbocycles. The largest absolute Gasteiger partial charge is 0.495 e. The van der Waals surface area contributed by atoms with Crippen LogP contribution in [0.15, 0.2) is 36.4 Å². The molecular formula is C17H19NO3S. The highest BCUT2D eigenvalue weighted by Crippen LogP contribution is 2.36. The molecule has 116 valence electrons. The molecule has 0 spiro atoms. The monoisotopic (exact) mass is 317 g/mol. The number of thiophene rings is 1. The van der Waals surface area contributed by atoms with Gasteiger partial charge in [0.05, 0.1) is 13.2 Å². The van der Waals surface area contributed by atoms with Crippen molar-refractivity contribution in [3.63, 3.8) is 0 Å². The first-order valence-corrected chi connectivity index (χ1v) is 8.22. The molecule has 0 radical (unpaired) electrons. The zero-order valence-corrected chi connectivity index (χ0v) is 13.3. The third kappa shape index (κ3) is 3.31. The van der Waals surface area contributed by atoms with Crippen molar-refractivity contribution in [3.8, 4) is 16.2 Å². The highest BCUT2D eigenvalue weighted by molar-refractivity contribution is 7.17. The summed E-state index contributed by atoms with van der Waals surface area (Å²) in [5.74, 6) is 0.522. The van der Waals surface area contributed by atoms with Gasteiger partial charge < -0.3 is 14.8 Å². The molecule has 2 aromatic rings. The maximum absolute atomic E-state index is 12.4. The third-order valence-corrected chi connectivity index (χ3v) is 4.86. The van der Waals surface area contributed by atoms with Gasteiger partial charge in [0.15, 0.2) is 0 Å². The Morgan fingerprint density at radius 2 is 2.23 bits per heavy atom. The van der Waals surface area contributed by atoms with Crippen LogP contribution >= 0.6 is 11.3 Å². The van der Waals surface area contributed by atoms with E-state index in [2.05, 4.69) is 5.32 Å². The van der Waals surface area contributed by atoms with Gasteiger partial charge in [0.1, 0.15) is 10.6 Å². The summed E-state index contributed by atoms with van der Waals surface area (Å²) in [7, 11) is 1.59. The first-order valence-electron chi connectivity index (χ1n) is 7.41. The molecule has 0 unspecified atom stereocenters. The SMILES string of the molecule is COc1cc(-c2ccccc2)sc1C(=O)NC[C@H]1CCCO1. The Hall–Kier alpha value is -1.85. The van der Waals surface area contributed by atoms with Crippen LogP contribution in [0, 0.1) is 0 Å². The van der Waals surface area contributed by atoms with E-state index in [1.807, 2.05) is 36.4 Å². The van der Waals surface area contributed by atoms with Gasteiger partial charge in [-0.15, -0.1) is 11.3 Å². The normalized spacial score (nSPS) is 17.4. The molecule has 1 aliphatic heterocycles. The lowest BCUT2D eigenvalue weighted by molar-refractivity contribution is 0.0859. The van der Waals surface area contributed by atoms with Crippen molar-refractivity contribution >= 4 is 17.2 Å². The van der Waals surface area contributed by atoms with Gasteiger partial charge in [0, 0.05) is 18.0 Å². The molecule has 1 atom stereocenters. The van der Waals surface area contributed by atoms with Gasteiger partial charge in [0.25, 0.3) is 5.91 Å². The number of hydrogen-bond acceptors (Lipinski definition) is 4. The smallest absolute Gasteiger partial charge is 0.265 e. The number of carbonyl (C=O) groups is 1. The van der Waals surface area contributed by atoms with Gasteiger partial charge in [-0.2, -0.15) is 0 Å². The molecule has 1 amide bonds. The highest BCUT2D eigenvalue weighted by atomic mass is 32.1. The number of methoxy groups -OCH3 is 1. The number of benzene rings is 1. The van der Waals surface area contributed by atoms with E-state index in [-0.39, 0.29) is 12.0 Å². The summed E-state index contributed by atoms with van der Waals surface area (Å²) >= 11 is 1.45. The number of hydrogen-bond donors (Lipinski definition) is 1. The molecule has 22 heavy (non-hydrogen) atoms. The molecule has 2 heterocycles. The van der Waals surface area contributed by atoms with Gasteiger partial charge in [-0.05, 0) is 24.5 Å². The average molecular weight is 317 g/mol. The van der Waals surface area contributed by atoms with Crippen LogP contribution in [0.4, 0.5) is 0 Å². The predicted molar refractivity (Wildman–Crippen MR) is 87.6 cm³/mol. The van der Waals surface area contributed by atoms with Crippen molar-refractivity contribution in [2.45, 2.75) is 18.9 Å². The molecule has 1 saturated heterocycles. The van der Waals surface area contributed by atoms with E-state index >= 15 is 0 Å². The van der Waals surface area contributed by atoms with Crippen LogP contribution in [0.1, 0.15) is 22.5 Å². The van der Waals surface area contributed by atoms with E-state index in [0.29, 0.717) is 17.2 Å². The Morgan fingerprint density at radius 3 is 2.91 bits per heavy atom. The molecule has 1 N–H and O–H groups in total. The maximum atomic E-state index is 12.4. The van der Waals surface area contributed by atoms with Gasteiger partial charge >= 0.3 is 0 Å². The van der Waals surface area contributed by atoms with Crippen molar-refractivity contribution in [3.05, 3.63) is 41.3 Å². The van der Waals surface area contributed by atoms with Gasteiger partial charge in [0.2, 0.25) is 0 Å². The molecule has 3 rings (SSSR count). The molecular weight excluding hydrogens is 298 g/mol. The summed E-state index contributed by atoms with van der Waals surface area (Å²) in [6.45, 7) is 1.35. The molecule has 0 saturated carbocycles. The van der Waals surface area contributed by atoms with Crippen molar-refractivity contribution in [1.29, 1.82) is 0 Å². The van der Waals surface area contributed by atoms with Gasteiger partial charge in [-0.25, -0.2) is 0 Å². The summed E-state index contributed by atoms with van der Waals surface area (Å²) in [6, 6.07) is 11.9. The standard InChI is InChI=1S/C17H19NO3S/c1-20-14-10-15(12-6-3-2-4-7-12)22-16(14)17(19)18-11-13-8-5-9-21-13/h2-4,6-7,10,13H,5,8-9,11H2,1H3,(H,18,19)/t13-/m1/s1. The molecule has 1 aliphatic rings. The lowest BCUT2D eigenvalue weighted by Crippen LogP contribution is -2.31. The molecule has 1 aromatic heterocycles. The Morgan fingerprint density at radius 1 is 1.41 bits per heavy atom. The van der Waals surface area contributed by atoms with Crippen LogP contribution in [0.5, 0.6) is 5.75 Å². The summed E-state index contributed by atoms with van der Waals surface area (Å²) in [5, 5.41) is 2.95. The summed E-state index contributed by atoms with van der Waals surface area (Å²) in [4.78, 5) is 14.0. The number of carbonyl (C=O) groups excluding carboxylic acids is 1. The van der Waals surface area contributed by atoms with E-state index in [0.717, 1.165) is 29.9 Å². The molecule has 0 aliphatic carbocycles. The Kier molecular flexibility index (Phi) is 4.75. The second kappa shape index (κ2) is 6.94. The lowest BCUT2D eigenvalue weighted by atomic mass is 10.2. The molecule has 1 fully saturated rings. The van der Waals surface area contributed by atoms with Crippen molar-refractivity contribution in [2.24, 2.45) is 0 Å². The van der Waals surface area contributed by atoms with Crippen LogP contribution < -0.4 is 10.1 Å². The summed E-state index contributed by atoms with van der Waals surface area (Å²) in [6.07, 6.45) is 2.22. The van der Waals surface area contributed by atoms with Crippen molar-refractivity contribution < 1.29 is 14.3 Å². The van der Waals surface area contributed by atoms with Gasteiger partial charge in [-0.3, -0.25) is 4.79 Å². The highest BCUT2D eigenvalue weighted by Gasteiger charge is 2.20. The third-order valence-electron chi connectivity index (χ3n) is 3.70. The minimum Gasteiger partial charge on any atom is -0.495 e. The summed E-state index contributed by atoms with van der Waals surface area (Å²) in [5.41, 5.74) is 1.09. The molecule has 5 heteroatoms. The van der Waals surface area contributed by atoms with Crippen LogP contribution in [-0.4, -0.2) is 32.3 Å². The Bertz CT molecular complexity index is 633. The Balaban J connectivity index is 1.74. The van der Waals surface area contributed by atoms with Crippen LogP contribution in [0.2, 0.25) is 0 Å². The fraction of sp³-hybridized carbons (Fsp3) is 0.353. The van der Waals surface area contributed by atoms with Crippen LogP contribution in [-0.2, 0) is 4.74 Å². The second-order valence-electron chi connectivity index (χ2n) is 5.22. The fourth-order valence-corrected chi connectivity index (χ4v) is 3.57. The number of ether oxygens (including phenoxy) is 2. The van der Waals surface area contributed by atoms with Crippen molar-refractivity contribution in [2.75, 3.05) is 20.3 Å². The van der Waals surface area contributed by atoms with E-state index < -0.39 is 0 Å². The van der Waals surface area contributed by atoms with E-state index in [9.17, 15) is 4.79 Å². The zero-order valence-electron chi connectivity index (χ0n) is 12.5. The first-order chi connectivity index (χ1) is 10.8. The zero-order chi connectivity index (χ0) is 15.4. The second-order valence-corrected chi connectivity index (χ2v) is 6.27. The fourth-order valence-electron chi connectivity index (χ4n) is 2.52. The molecule has 0 bridgehead atoms. The minimum atomic E-state index is -0.0977. The number of rotatable bonds is 5. The molecule has 4 nitrogen and oxygen atoms in total. The topological polar surface area (TPSA) is 47.6 Å². The Labute approximate surface area is 134 Å². The van der Waals surface area contributed by atoms with E-state index in [1.165, 1.54) is 11.3 Å². The quantitative estimate of drug-likeness (QED) is 0.920. The van der Waals surface area contributed by atoms with E-state index in [1.54, 1.807) is 7.11 Å².